The minimum absolute atomic E-state index is 0.140. The number of benzene rings is 1. The van der Waals surface area contributed by atoms with Gasteiger partial charge in [0.2, 0.25) is 0 Å². The van der Waals surface area contributed by atoms with Gasteiger partial charge in [-0.2, -0.15) is 5.10 Å². The van der Waals surface area contributed by atoms with Crippen LogP contribution in [-0.4, -0.2) is 24.9 Å². The molecule has 0 aliphatic heterocycles. The Bertz CT molecular complexity index is 606. The van der Waals surface area contributed by atoms with E-state index in [0.29, 0.717) is 0 Å². The molecule has 0 unspecified atom stereocenters. The van der Waals surface area contributed by atoms with E-state index in [9.17, 15) is 8.42 Å². The Kier molecular flexibility index (Phi) is 2.73. The summed E-state index contributed by atoms with van der Waals surface area (Å²) in [4.78, 5) is 0.140. The van der Waals surface area contributed by atoms with Crippen LogP contribution in [0.2, 0.25) is 5.02 Å². The third-order valence-corrected chi connectivity index (χ3v) is 3.74. The Morgan fingerprint density at radius 2 is 2.06 bits per heavy atom. The molecule has 0 aliphatic carbocycles. The molecule has 1 aromatic heterocycles. The standard InChI is InChI=1S/C10H9ClN2O2S/c1-16(14,15)10-3-2-7(4-9(10)11)8-5-12-13-6-8/h2-6H,1H3,(H,12,13). The molecule has 0 fully saturated rings. The lowest BCUT2D eigenvalue weighted by molar-refractivity contribution is 0.602. The molecule has 0 atom stereocenters. The van der Waals surface area contributed by atoms with E-state index in [1.165, 1.54) is 6.07 Å². The van der Waals surface area contributed by atoms with E-state index in [1.54, 1.807) is 24.5 Å². The van der Waals surface area contributed by atoms with Gasteiger partial charge in [-0.15, -0.1) is 0 Å². The number of rotatable bonds is 2. The number of sulfone groups is 1. The summed E-state index contributed by atoms with van der Waals surface area (Å²) in [7, 11) is -3.27. The van der Waals surface area contributed by atoms with Crippen molar-refractivity contribution in [2.75, 3.05) is 6.26 Å². The summed E-state index contributed by atoms with van der Waals surface area (Å²) in [5, 5.41) is 6.72. The van der Waals surface area contributed by atoms with Crippen molar-refractivity contribution in [2.24, 2.45) is 0 Å². The summed E-state index contributed by atoms with van der Waals surface area (Å²) in [5.74, 6) is 0. The predicted molar refractivity (Wildman–Crippen MR) is 62.1 cm³/mol. The van der Waals surface area contributed by atoms with Crippen LogP contribution in [0.4, 0.5) is 0 Å². The first-order valence-corrected chi connectivity index (χ1v) is 6.74. The van der Waals surface area contributed by atoms with Gasteiger partial charge in [0, 0.05) is 18.0 Å². The van der Waals surface area contributed by atoms with Crippen molar-refractivity contribution < 1.29 is 8.42 Å². The van der Waals surface area contributed by atoms with Gasteiger partial charge in [-0.05, 0) is 17.7 Å². The number of nitrogens with one attached hydrogen (secondary N) is 1. The van der Waals surface area contributed by atoms with E-state index in [-0.39, 0.29) is 9.92 Å². The van der Waals surface area contributed by atoms with Crippen LogP contribution >= 0.6 is 11.6 Å². The molecule has 84 valence electrons. The molecule has 0 radical (unpaired) electrons. The Morgan fingerprint density at radius 3 is 2.56 bits per heavy atom. The molecule has 0 spiro atoms. The molecule has 16 heavy (non-hydrogen) atoms. The molecule has 0 bridgehead atoms. The number of halogens is 1. The molecule has 1 aromatic carbocycles. The van der Waals surface area contributed by atoms with Crippen LogP contribution in [0.25, 0.3) is 11.1 Å². The van der Waals surface area contributed by atoms with Crippen LogP contribution in [0, 0.1) is 0 Å². The largest absolute Gasteiger partial charge is 0.285 e. The number of hydrogen-bond donors (Lipinski definition) is 1. The van der Waals surface area contributed by atoms with Crippen molar-refractivity contribution in [3.05, 3.63) is 35.6 Å². The van der Waals surface area contributed by atoms with Gasteiger partial charge in [-0.3, -0.25) is 5.10 Å². The van der Waals surface area contributed by atoms with E-state index in [1.807, 2.05) is 0 Å². The molecule has 0 saturated heterocycles. The fraction of sp³-hybridized carbons (Fsp3) is 0.100. The van der Waals surface area contributed by atoms with Crippen LogP contribution in [-0.2, 0) is 9.84 Å². The number of aromatic amines is 1. The first-order valence-electron chi connectivity index (χ1n) is 4.47. The smallest absolute Gasteiger partial charge is 0.176 e. The highest BCUT2D eigenvalue weighted by Gasteiger charge is 2.12. The quantitative estimate of drug-likeness (QED) is 0.895. The van der Waals surface area contributed by atoms with Crippen molar-refractivity contribution in [2.45, 2.75) is 4.90 Å². The van der Waals surface area contributed by atoms with Gasteiger partial charge in [-0.1, -0.05) is 17.7 Å². The zero-order valence-electron chi connectivity index (χ0n) is 8.44. The second kappa shape index (κ2) is 3.92. The SMILES string of the molecule is CS(=O)(=O)c1ccc(-c2cn[nH]c2)cc1Cl. The van der Waals surface area contributed by atoms with Crippen LogP contribution in [0.1, 0.15) is 0 Å². The molecule has 4 nitrogen and oxygen atoms in total. The molecule has 1 N–H and O–H groups in total. The van der Waals surface area contributed by atoms with E-state index in [2.05, 4.69) is 10.2 Å². The molecule has 1 heterocycles. The molecule has 0 amide bonds. The monoisotopic (exact) mass is 256 g/mol. The summed E-state index contributed by atoms with van der Waals surface area (Å²) in [5.41, 5.74) is 1.69. The maximum absolute atomic E-state index is 11.3. The summed E-state index contributed by atoms with van der Waals surface area (Å²) in [6, 6.07) is 4.82. The van der Waals surface area contributed by atoms with Crippen LogP contribution in [0.15, 0.2) is 35.5 Å². The van der Waals surface area contributed by atoms with E-state index < -0.39 is 9.84 Å². The summed E-state index contributed by atoms with van der Waals surface area (Å²) in [6.45, 7) is 0. The summed E-state index contributed by atoms with van der Waals surface area (Å²) in [6.07, 6.45) is 4.49. The maximum Gasteiger partial charge on any atom is 0.176 e. The fourth-order valence-electron chi connectivity index (χ4n) is 1.39. The average molecular weight is 257 g/mol. The topological polar surface area (TPSA) is 62.8 Å². The third-order valence-electron chi connectivity index (χ3n) is 2.16. The Labute approximate surface area is 98.2 Å². The molecular weight excluding hydrogens is 248 g/mol. The minimum Gasteiger partial charge on any atom is -0.285 e. The van der Waals surface area contributed by atoms with Crippen LogP contribution in [0.3, 0.4) is 0 Å². The van der Waals surface area contributed by atoms with Crippen molar-refractivity contribution in [1.29, 1.82) is 0 Å². The molecular formula is C10H9ClN2O2S. The lowest BCUT2D eigenvalue weighted by Gasteiger charge is -2.03. The van der Waals surface area contributed by atoms with Gasteiger partial charge < -0.3 is 0 Å². The molecule has 0 saturated carbocycles. The Hall–Kier alpha value is -1.33. The summed E-state index contributed by atoms with van der Waals surface area (Å²) >= 11 is 5.92. The number of aromatic nitrogens is 2. The molecule has 2 aromatic rings. The second-order valence-electron chi connectivity index (χ2n) is 3.40. The van der Waals surface area contributed by atoms with Crippen molar-refractivity contribution in [1.82, 2.24) is 10.2 Å². The molecule has 0 aliphatic rings. The Morgan fingerprint density at radius 1 is 1.31 bits per heavy atom. The number of H-pyrrole nitrogens is 1. The number of nitrogens with zero attached hydrogens (tertiary/aromatic N) is 1. The first kappa shape index (κ1) is 11.2. The third kappa shape index (κ3) is 2.10. The van der Waals surface area contributed by atoms with Crippen molar-refractivity contribution >= 4 is 21.4 Å². The number of hydrogen-bond acceptors (Lipinski definition) is 3. The minimum atomic E-state index is -3.27. The van der Waals surface area contributed by atoms with E-state index in [4.69, 9.17) is 11.6 Å². The van der Waals surface area contributed by atoms with E-state index in [0.717, 1.165) is 17.4 Å². The van der Waals surface area contributed by atoms with Gasteiger partial charge in [0.15, 0.2) is 9.84 Å². The van der Waals surface area contributed by atoms with Crippen LogP contribution in [0.5, 0.6) is 0 Å². The van der Waals surface area contributed by atoms with Gasteiger partial charge in [0.1, 0.15) is 0 Å². The van der Waals surface area contributed by atoms with Crippen molar-refractivity contribution in [3.8, 4) is 11.1 Å². The molecule has 6 heteroatoms. The van der Waals surface area contributed by atoms with E-state index >= 15 is 0 Å². The highest BCUT2D eigenvalue weighted by Crippen LogP contribution is 2.27. The zero-order valence-corrected chi connectivity index (χ0v) is 10.0. The summed E-state index contributed by atoms with van der Waals surface area (Å²) < 4.78 is 22.7. The molecule has 2 rings (SSSR count). The van der Waals surface area contributed by atoms with Gasteiger partial charge >= 0.3 is 0 Å². The van der Waals surface area contributed by atoms with Crippen LogP contribution < -0.4 is 0 Å². The van der Waals surface area contributed by atoms with Gasteiger partial charge in [0.05, 0.1) is 16.1 Å². The van der Waals surface area contributed by atoms with Gasteiger partial charge in [0.25, 0.3) is 0 Å². The zero-order chi connectivity index (χ0) is 11.8. The fourth-order valence-corrected chi connectivity index (χ4v) is 2.72. The average Bonchev–Trinajstić information content (AvgIpc) is 2.68. The van der Waals surface area contributed by atoms with Gasteiger partial charge in [-0.25, -0.2) is 8.42 Å². The second-order valence-corrected chi connectivity index (χ2v) is 5.80. The normalized spacial score (nSPS) is 11.6. The van der Waals surface area contributed by atoms with Crippen molar-refractivity contribution in [3.63, 3.8) is 0 Å². The predicted octanol–water partition coefficient (Wildman–Crippen LogP) is 2.13. The lowest BCUT2D eigenvalue weighted by atomic mass is 10.1. The Balaban J connectivity index is 2.53. The highest BCUT2D eigenvalue weighted by atomic mass is 35.5. The first-order chi connectivity index (χ1) is 7.48. The lowest BCUT2D eigenvalue weighted by Crippen LogP contribution is -1.97. The maximum atomic E-state index is 11.3. The highest BCUT2D eigenvalue weighted by molar-refractivity contribution is 7.90.